The van der Waals surface area contributed by atoms with Crippen molar-refractivity contribution < 1.29 is 22.0 Å². The molecule has 2 aromatic heterocycles. The summed E-state index contributed by atoms with van der Waals surface area (Å²) in [5.74, 6) is -0.924. The molecule has 2 heterocycles. The zero-order valence-corrected chi connectivity index (χ0v) is 19.1. The monoisotopic (exact) mass is 489 g/mol. The topological polar surface area (TPSA) is 89.0 Å². The van der Waals surface area contributed by atoms with Gasteiger partial charge in [0.05, 0.1) is 10.1 Å². The minimum atomic E-state index is -3.36. The molecule has 2 aliphatic rings. The first-order valence-electron chi connectivity index (χ1n) is 10.7. The van der Waals surface area contributed by atoms with Gasteiger partial charge in [-0.15, -0.1) is 0 Å². The second-order valence-corrected chi connectivity index (χ2v) is 11.6. The molecule has 1 aromatic carbocycles. The van der Waals surface area contributed by atoms with E-state index in [4.69, 9.17) is 0 Å². The smallest absolute Gasteiger partial charge is 0.257 e. The van der Waals surface area contributed by atoms with Crippen LogP contribution in [0, 0.1) is 5.92 Å². The number of pyridine rings is 1. The Hall–Kier alpha value is -2.72. The molecule has 0 spiro atoms. The Kier molecular flexibility index (Phi) is 5.74. The van der Waals surface area contributed by atoms with E-state index in [-0.39, 0.29) is 28.6 Å². The number of thiazole rings is 1. The number of sulfone groups is 1. The molecule has 1 amide bonds. The number of hydrogen-bond donors (Lipinski definition) is 1. The van der Waals surface area contributed by atoms with E-state index in [0.717, 1.165) is 0 Å². The van der Waals surface area contributed by atoms with E-state index in [1.54, 1.807) is 36.5 Å². The first kappa shape index (κ1) is 22.1. The number of nitrogens with zero attached hydrogens (tertiary/aromatic N) is 2. The second-order valence-electron chi connectivity index (χ2n) is 8.41. The maximum atomic E-state index is 13.8. The van der Waals surface area contributed by atoms with Crippen molar-refractivity contribution in [1.29, 1.82) is 0 Å². The van der Waals surface area contributed by atoms with Gasteiger partial charge in [-0.1, -0.05) is 29.5 Å². The number of carbonyl (C=O) groups is 1. The molecule has 3 aromatic rings. The van der Waals surface area contributed by atoms with Crippen molar-refractivity contribution >= 4 is 48.1 Å². The van der Waals surface area contributed by atoms with Gasteiger partial charge >= 0.3 is 0 Å². The maximum Gasteiger partial charge on any atom is 0.257 e. The van der Waals surface area contributed by atoms with Crippen LogP contribution in [0.15, 0.2) is 53.6 Å². The van der Waals surface area contributed by atoms with E-state index in [1.165, 1.54) is 23.5 Å². The van der Waals surface area contributed by atoms with Gasteiger partial charge in [0.25, 0.3) is 5.91 Å². The number of carbonyl (C=O) groups excluding carboxylic acids is 1. The van der Waals surface area contributed by atoms with Crippen LogP contribution >= 0.6 is 11.3 Å². The molecule has 0 saturated heterocycles. The predicted octanol–water partition coefficient (Wildman–Crippen LogP) is 4.74. The Morgan fingerprint density at radius 2 is 1.79 bits per heavy atom. The summed E-state index contributed by atoms with van der Waals surface area (Å²) in [4.78, 5) is 22.6. The molecule has 10 heteroatoms. The van der Waals surface area contributed by atoms with Gasteiger partial charge in [0, 0.05) is 11.8 Å². The molecule has 33 heavy (non-hydrogen) atoms. The SMILES string of the molecule is O=C(Nc1nc2cccnc2s1)/C(=C/[C@H]1C[C@@H](F)[C@@H](F)C1)c1ccc(S(=O)(=O)C2CC2)cc1. The molecule has 2 saturated carbocycles. The summed E-state index contributed by atoms with van der Waals surface area (Å²) in [5, 5.41) is 2.77. The summed E-state index contributed by atoms with van der Waals surface area (Å²) in [7, 11) is -3.36. The van der Waals surface area contributed by atoms with Crippen LogP contribution in [0.5, 0.6) is 0 Å². The molecule has 0 unspecified atom stereocenters. The largest absolute Gasteiger partial charge is 0.298 e. The summed E-state index contributed by atoms with van der Waals surface area (Å²) >= 11 is 1.22. The molecular formula is C23H21F2N3O3S2. The maximum absolute atomic E-state index is 13.8. The summed E-state index contributed by atoms with van der Waals surface area (Å²) in [6.07, 6.45) is 1.41. The highest BCUT2D eigenvalue weighted by molar-refractivity contribution is 7.92. The van der Waals surface area contributed by atoms with Gasteiger partial charge in [-0.05, 0) is 61.4 Å². The van der Waals surface area contributed by atoms with Gasteiger partial charge < -0.3 is 0 Å². The van der Waals surface area contributed by atoms with E-state index < -0.39 is 34.0 Å². The number of rotatable bonds is 6. The third kappa shape index (κ3) is 4.54. The minimum Gasteiger partial charge on any atom is -0.298 e. The summed E-state index contributed by atoms with van der Waals surface area (Å²) in [6.45, 7) is 0. The van der Waals surface area contributed by atoms with Crippen LogP contribution in [-0.2, 0) is 14.6 Å². The number of nitrogens with one attached hydrogen (secondary N) is 1. The van der Waals surface area contributed by atoms with Gasteiger partial charge in [0.2, 0.25) is 0 Å². The van der Waals surface area contributed by atoms with Crippen molar-refractivity contribution in [2.24, 2.45) is 5.92 Å². The van der Waals surface area contributed by atoms with Crippen molar-refractivity contribution in [2.45, 2.75) is 48.2 Å². The lowest BCUT2D eigenvalue weighted by Crippen LogP contribution is -2.15. The first-order valence-corrected chi connectivity index (χ1v) is 13.0. The average Bonchev–Trinajstić information content (AvgIpc) is 3.51. The predicted molar refractivity (Wildman–Crippen MR) is 123 cm³/mol. The third-order valence-electron chi connectivity index (χ3n) is 5.94. The minimum absolute atomic E-state index is 0.00283. The number of hydrogen-bond acceptors (Lipinski definition) is 6. The van der Waals surface area contributed by atoms with Crippen molar-refractivity contribution in [3.63, 3.8) is 0 Å². The van der Waals surface area contributed by atoms with Crippen LogP contribution in [0.3, 0.4) is 0 Å². The highest BCUT2D eigenvalue weighted by atomic mass is 32.2. The lowest BCUT2D eigenvalue weighted by Gasteiger charge is -2.12. The number of benzene rings is 1. The van der Waals surface area contributed by atoms with Crippen LogP contribution < -0.4 is 5.32 Å². The Bertz CT molecular complexity index is 1290. The fourth-order valence-corrected chi connectivity index (χ4v) is 6.49. The van der Waals surface area contributed by atoms with Crippen LogP contribution in [0.4, 0.5) is 13.9 Å². The normalized spacial score (nSPS) is 23.7. The summed E-state index contributed by atoms with van der Waals surface area (Å²) in [5.41, 5.74) is 1.34. The van der Waals surface area contributed by atoms with Crippen molar-refractivity contribution in [2.75, 3.05) is 5.32 Å². The van der Waals surface area contributed by atoms with Crippen molar-refractivity contribution in [1.82, 2.24) is 9.97 Å². The number of aromatic nitrogens is 2. The van der Waals surface area contributed by atoms with E-state index in [0.29, 0.717) is 33.9 Å². The number of halogens is 2. The van der Waals surface area contributed by atoms with Crippen LogP contribution in [-0.4, -0.2) is 41.9 Å². The van der Waals surface area contributed by atoms with Crippen LogP contribution in [0.2, 0.25) is 0 Å². The molecule has 2 fully saturated rings. The third-order valence-corrected chi connectivity index (χ3v) is 9.11. The van der Waals surface area contributed by atoms with Crippen molar-refractivity contribution in [3.8, 4) is 0 Å². The van der Waals surface area contributed by atoms with E-state index >= 15 is 0 Å². The molecule has 0 aliphatic heterocycles. The highest BCUT2D eigenvalue weighted by Crippen LogP contribution is 2.36. The quantitative estimate of drug-likeness (QED) is 0.506. The van der Waals surface area contributed by atoms with Crippen molar-refractivity contribution in [3.05, 3.63) is 54.2 Å². The molecular weight excluding hydrogens is 468 g/mol. The average molecular weight is 490 g/mol. The highest BCUT2D eigenvalue weighted by Gasteiger charge is 2.37. The number of anilines is 1. The number of amides is 1. The molecule has 5 rings (SSSR count). The van der Waals surface area contributed by atoms with Gasteiger partial charge in [0.1, 0.15) is 22.7 Å². The molecule has 2 aliphatic carbocycles. The molecule has 1 N–H and O–H groups in total. The number of fused-ring (bicyclic) bond motifs is 1. The Balaban J connectivity index is 1.45. The molecule has 3 atom stereocenters. The molecule has 0 radical (unpaired) electrons. The standard InChI is InChI=1S/C23H21F2N3O3S2/c24-18-11-13(12-19(18)25)10-17(14-3-5-15(6-4-14)33(30,31)16-7-8-16)21(29)28-23-27-20-2-1-9-26-22(20)32-23/h1-6,9-10,13,16,18-19H,7-8,11-12H2,(H,27,28,29)/b17-10+/t13-,18+,19-. The fourth-order valence-electron chi connectivity index (χ4n) is 4.03. The lowest BCUT2D eigenvalue weighted by atomic mass is 9.98. The van der Waals surface area contributed by atoms with Gasteiger partial charge in [-0.2, -0.15) is 0 Å². The molecule has 6 nitrogen and oxygen atoms in total. The number of allylic oxidation sites excluding steroid dienone is 1. The Morgan fingerprint density at radius 3 is 2.42 bits per heavy atom. The second kappa shape index (κ2) is 8.57. The Morgan fingerprint density at radius 1 is 1.09 bits per heavy atom. The summed E-state index contributed by atoms with van der Waals surface area (Å²) in [6, 6.07) is 9.63. The van der Waals surface area contributed by atoms with E-state index in [2.05, 4.69) is 15.3 Å². The van der Waals surface area contributed by atoms with Gasteiger partial charge in [0.15, 0.2) is 15.0 Å². The fraction of sp³-hybridized carbons (Fsp3) is 0.348. The first-order chi connectivity index (χ1) is 15.8. The molecule has 0 bridgehead atoms. The van der Waals surface area contributed by atoms with E-state index in [1.807, 2.05) is 0 Å². The zero-order valence-electron chi connectivity index (χ0n) is 17.4. The summed E-state index contributed by atoms with van der Waals surface area (Å²) < 4.78 is 52.5. The van der Waals surface area contributed by atoms with Gasteiger partial charge in [-0.3, -0.25) is 10.1 Å². The van der Waals surface area contributed by atoms with Crippen LogP contribution in [0.1, 0.15) is 31.2 Å². The van der Waals surface area contributed by atoms with E-state index in [9.17, 15) is 22.0 Å². The number of alkyl halides is 2. The lowest BCUT2D eigenvalue weighted by molar-refractivity contribution is -0.111. The van der Waals surface area contributed by atoms with Crippen LogP contribution in [0.25, 0.3) is 15.9 Å². The Labute approximate surface area is 193 Å². The zero-order chi connectivity index (χ0) is 23.2. The molecule has 172 valence electrons. The van der Waals surface area contributed by atoms with Gasteiger partial charge in [-0.25, -0.2) is 27.2 Å².